The van der Waals surface area contributed by atoms with Crippen molar-refractivity contribution in [3.05, 3.63) is 504 Å². The highest BCUT2D eigenvalue weighted by Crippen LogP contribution is 2.29. The molecule has 0 saturated heterocycles. The quantitative estimate of drug-likeness (QED) is 0.109. The summed E-state index contributed by atoms with van der Waals surface area (Å²) in [7, 11) is 0. The third-order valence-electron chi connectivity index (χ3n) is 20.1. The molecule has 16 aromatic carbocycles. The first kappa shape index (κ1) is 93.1. The lowest BCUT2D eigenvalue weighted by molar-refractivity contribution is 0.103. The third-order valence-corrected chi connectivity index (χ3v) is 20.1. The molecule has 1 N–H and O–H groups in total. The van der Waals surface area contributed by atoms with Crippen LogP contribution in [-0.4, -0.2) is 16.7 Å². The van der Waals surface area contributed by atoms with Gasteiger partial charge in [-0.3, -0.25) is 9.59 Å². The normalized spacial score (nSPS) is 9.53. The van der Waals surface area contributed by atoms with Gasteiger partial charge in [0.1, 0.15) is 40.2 Å². The van der Waals surface area contributed by atoms with Gasteiger partial charge in [0, 0.05) is 106 Å². The summed E-state index contributed by atoms with van der Waals surface area (Å²) in [4.78, 5) is 26.4. The van der Waals surface area contributed by atoms with Crippen LogP contribution in [0.2, 0.25) is 0 Å². The van der Waals surface area contributed by atoms with E-state index < -0.39 is 0 Å². The van der Waals surface area contributed by atoms with Crippen LogP contribution < -0.4 is 14.2 Å². The van der Waals surface area contributed by atoms with E-state index in [1.807, 2.05) is 297 Å². The largest absolute Gasteiger partial charge is 0.508 e. The van der Waals surface area contributed by atoms with Gasteiger partial charge in [-0.15, -0.1) is 29.6 Å². The van der Waals surface area contributed by atoms with Crippen molar-refractivity contribution in [1.82, 2.24) is 0 Å². The van der Waals surface area contributed by atoms with Crippen molar-refractivity contribution < 1.29 is 28.9 Å². The van der Waals surface area contributed by atoms with Crippen molar-refractivity contribution in [2.24, 2.45) is 0 Å². The van der Waals surface area contributed by atoms with Gasteiger partial charge >= 0.3 is 0 Å². The van der Waals surface area contributed by atoms with Gasteiger partial charge in [-0.05, 0) is 357 Å². The Morgan fingerprint density at radius 3 is 0.985 bits per heavy atom. The van der Waals surface area contributed by atoms with Crippen LogP contribution in [0.25, 0.3) is 10.8 Å². The highest BCUT2D eigenvalue weighted by atomic mass is 16.5. The van der Waals surface area contributed by atoms with Gasteiger partial charge in [-0.2, -0.15) is 0 Å². The highest BCUT2D eigenvalue weighted by Gasteiger charge is 2.16. The number of fused-ring (bicyclic) bond motifs is 1. The first-order valence-corrected chi connectivity index (χ1v) is 42.8. The van der Waals surface area contributed by atoms with Crippen LogP contribution in [0, 0.1) is 153 Å². The monoisotopic (exact) mass is 1700 g/mol. The summed E-state index contributed by atoms with van der Waals surface area (Å²) in [5, 5.41) is 11.7. The molecule has 0 spiro atoms. The molecule has 132 heavy (non-hydrogen) atoms. The summed E-state index contributed by atoms with van der Waals surface area (Å²) in [5.41, 5.74) is 22.2. The number of phenols is 1. The molecule has 0 amide bonds. The molecule has 0 unspecified atom stereocenters. The van der Waals surface area contributed by atoms with Gasteiger partial charge in [-0.25, -0.2) is 0 Å². The fourth-order valence-corrected chi connectivity index (χ4v) is 13.3. The van der Waals surface area contributed by atoms with E-state index in [2.05, 4.69) is 194 Å². The Kier molecular flexibility index (Phi) is 34.1. The van der Waals surface area contributed by atoms with Crippen LogP contribution in [0.1, 0.15) is 178 Å². The molecule has 0 radical (unpaired) electrons. The molecule has 6 heteroatoms. The lowest BCUT2D eigenvalue weighted by atomic mass is 9.98. The first-order chi connectivity index (χ1) is 64.4. The lowest BCUT2D eigenvalue weighted by Gasteiger charge is -2.09. The second-order valence-corrected chi connectivity index (χ2v) is 30.0. The molecule has 0 bridgehead atoms. The number of benzene rings is 16. The van der Waals surface area contributed by atoms with E-state index in [-0.39, 0.29) is 17.3 Å². The molecule has 16 rings (SSSR count). The fraction of sp³-hybridized carbons (Fsp3) is 0.0794. The molecule has 0 saturated carbocycles. The zero-order valence-corrected chi connectivity index (χ0v) is 75.2. The number of carbonyl (C=O) groups excluding carboxylic acids is 2. The topological polar surface area (TPSA) is 82.1 Å². The minimum Gasteiger partial charge on any atom is -0.508 e. The van der Waals surface area contributed by atoms with Crippen LogP contribution in [0.3, 0.4) is 0 Å². The van der Waals surface area contributed by atoms with E-state index in [0.717, 1.165) is 106 Å². The fourth-order valence-electron chi connectivity index (χ4n) is 13.3. The van der Waals surface area contributed by atoms with Crippen molar-refractivity contribution in [3.8, 4) is 159 Å². The summed E-state index contributed by atoms with van der Waals surface area (Å²) >= 11 is 0. The SMILES string of the molecule is CC#Cc1cc(C#Cc2ccccc2C)cc2ccccc12.CC#Cc1ccc(Oc2ccc(C#Cc3cccc(C)c3)cc2)cc1.CC#Cc1ccc(Oc2ccc(C#Cc3ccccc3C(=O)c3ccc(Oc4ccc(C(=O)c5ccccc5C)cc4)cc3)cc2)cc1.CC#Cc1cccc(C#Cc2ccc(O)cc2C)c1.CC#Cc1cccc(C#Cc2ccccc2C)c1. The summed E-state index contributed by atoms with van der Waals surface area (Å²) in [6.45, 7) is 19.2. The predicted octanol–water partition coefficient (Wildman–Crippen LogP) is 27.5. The molecule has 0 atom stereocenters. The van der Waals surface area contributed by atoms with E-state index in [0.29, 0.717) is 45.1 Å². The number of ether oxygens (including phenoxy) is 3. The standard InChI is InChI=1S/C44H30O4.C24H18O.C22H16.C18H14O.C18H14/c1-3-8-32-14-23-37(24-15-32)47-38-25-16-33(17-26-38)13-18-34-10-5-7-12-42(34)44(46)36-21-29-40(30-22-36)48-39-27-19-35(20-28-39)43(45)41-11-6-4-9-31(41)2;1-3-5-20-10-14-23(15-11-20)25-24-16-12-21(13-17-24)8-9-22-7-4-6-19(2)18-22;1-3-8-20-15-18(16-21-11-6-7-12-22(20)21)13-14-19-10-5-4-9-17(19)2;1-3-5-15-6-4-7-16(13-15)8-9-17-10-11-18(19)12-14(17)2;1-3-7-16-9-6-10-17(14-16)12-13-18-11-5-4-8-15(18)2/h4-7,9-12,14-17,19-30H,1-2H3;4,6-7,10-18H,1-2H3;4-7,9-12,15-16H,1-2H3;4,6-7,10-13,19H,1-2H3;4-6,8-11,14H,1-2H3. The molecule has 632 valence electrons. The average molecular weight is 1700 g/mol. The Balaban J connectivity index is 0.000000159. The minimum absolute atomic E-state index is 0.0313. The number of carbonyl (C=O) groups is 2. The summed E-state index contributed by atoms with van der Waals surface area (Å²) in [6, 6.07) is 118. The van der Waals surface area contributed by atoms with E-state index in [1.54, 1.807) is 66.7 Å². The summed E-state index contributed by atoms with van der Waals surface area (Å²) < 4.78 is 17.8. The zero-order chi connectivity index (χ0) is 92.6. The molecular formula is C126H92O6. The summed E-state index contributed by atoms with van der Waals surface area (Å²) in [6.07, 6.45) is 0. The van der Waals surface area contributed by atoms with E-state index >= 15 is 0 Å². The first-order valence-electron chi connectivity index (χ1n) is 42.8. The number of aryl methyl sites for hydroxylation is 5. The highest BCUT2D eigenvalue weighted by molar-refractivity contribution is 6.11. The number of phenolic OH excluding ortho intramolecular Hbond substituents is 1. The predicted molar refractivity (Wildman–Crippen MR) is 539 cm³/mol. The van der Waals surface area contributed by atoms with Gasteiger partial charge in [0.25, 0.3) is 0 Å². The Bertz CT molecular complexity index is 7540. The molecule has 0 aliphatic rings. The van der Waals surface area contributed by atoms with Gasteiger partial charge in [0.2, 0.25) is 0 Å². The Hall–Kier alpha value is -18.1. The van der Waals surface area contributed by atoms with Gasteiger partial charge in [0.15, 0.2) is 11.6 Å². The molecule has 0 heterocycles. The van der Waals surface area contributed by atoms with Gasteiger partial charge in [-0.1, -0.05) is 210 Å². The van der Waals surface area contributed by atoms with Crippen LogP contribution in [0.4, 0.5) is 0 Å². The Morgan fingerprint density at radius 2 is 0.545 bits per heavy atom. The number of ketones is 2. The van der Waals surface area contributed by atoms with Gasteiger partial charge in [0.05, 0.1) is 0 Å². The molecule has 16 aromatic rings. The number of aromatic hydroxyl groups is 1. The third kappa shape index (κ3) is 28.5. The molecule has 0 aliphatic carbocycles. The smallest absolute Gasteiger partial charge is 0.194 e. The Morgan fingerprint density at radius 1 is 0.220 bits per heavy atom. The average Bonchev–Trinajstić information content (AvgIpc) is 0.804. The van der Waals surface area contributed by atoms with Crippen LogP contribution in [-0.2, 0) is 0 Å². The maximum atomic E-state index is 13.5. The second kappa shape index (κ2) is 48.4. The minimum atomic E-state index is -0.134. The summed E-state index contributed by atoms with van der Waals surface area (Å²) in [5.74, 6) is 65.9. The number of hydrogen-bond donors (Lipinski definition) is 1. The molecule has 0 aromatic heterocycles. The van der Waals surface area contributed by atoms with Crippen molar-refractivity contribution in [1.29, 1.82) is 0 Å². The van der Waals surface area contributed by atoms with Crippen LogP contribution in [0.15, 0.2) is 370 Å². The maximum Gasteiger partial charge on any atom is 0.194 e. The van der Waals surface area contributed by atoms with E-state index in [1.165, 1.54) is 27.5 Å². The van der Waals surface area contributed by atoms with Crippen molar-refractivity contribution in [2.45, 2.75) is 69.2 Å². The van der Waals surface area contributed by atoms with Gasteiger partial charge < -0.3 is 19.3 Å². The molecule has 0 aliphatic heterocycles. The number of rotatable bonds is 10. The molecule has 6 nitrogen and oxygen atoms in total. The second-order valence-electron chi connectivity index (χ2n) is 30.0. The van der Waals surface area contributed by atoms with E-state index in [4.69, 9.17) is 14.2 Å². The molecular weight excluding hydrogens is 1610 g/mol. The Labute approximate surface area is 777 Å². The van der Waals surface area contributed by atoms with Crippen LogP contribution in [0.5, 0.6) is 40.2 Å². The van der Waals surface area contributed by atoms with Crippen LogP contribution >= 0.6 is 0 Å². The zero-order valence-electron chi connectivity index (χ0n) is 75.2. The van der Waals surface area contributed by atoms with Crippen molar-refractivity contribution >= 4 is 22.3 Å². The molecule has 0 fully saturated rings. The van der Waals surface area contributed by atoms with Crippen molar-refractivity contribution in [2.75, 3.05) is 0 Å². The maximum absolute atomic E-state index is 13.5. The number of hydrogen-bond acceptors (Lipinski definition) is 6. The lowest BCUT2D eigenvalue weighted by Crippen LogP contribution is -2.04. The van der Waals surface area contributed by atoms with Crippen molar-refractivity contribution in [3.63, 3.8) is 0 Å². The van der Waals surface area contributed by atoms with E-state index in [9.17, 15) is 14.7 Å².